The zero-order valence-corrected chi connectivity index (χ0v) is 10.8. The van der Waals surface area contributed by atoms with E-state index >= 15 is 0 Å². The van der Waals surface area contributed by atoms with Crippen LogP contribution in [0.25, 0.3) is 0 Å². The van der Waals surface area contributed by atoms with Crippen molar-refractivity contribution in [1.82, 2.24) is 0 Å². The number of rotatable bonds is 4. The Morgan fingerprint density at radius 3 is 2.33 bits per heavy atom. The summed E-state index contributed by atoms with van der Waals surface area (Å²) in [7, 11) is 0. The Kier molecular flexibility index (Phi) is 4.70. The lowest BCUT2D eigenvalue weighted by Crippen LogP contribution is -2.60. The SMILES string of the molecule is O=[N+]([O-])c1ccc(O[C@H]2C(O)O[C@H](CO)[C@H](O)[C@@H]2O)cc1. The summed E-state index contributed by atoms with van der Waals surface area (Å²) in [5.41, 5.74) is -0.135. The van der Waals surface area contributed by atoms with Gasteiger partial charge in [-0.3, -0.25) is 10.1 Å². The van der Waals surface area contributed by atoms with E-state index in [0.29, 0.717) is 0 Å². The third-order valence-corrected chi connectivity index (χ3v) is 3.16. The molecule has 0 aromatic heterocycles. The lowest BCUT2D eigenvalue weighted by atomic mass is 9.99. The Labute approximate surface area is 119 Å². The van der Waals surface area contributed by atoms with E-state index in [1.54, 1.807) is 0 Å². The van der Waals surface area contributed by atoms with E-state index < -0.39 is 42.2 Å². The largest absolute Gasteiger partial charge is 0.482 e. The minimum absolute atomic E-state index is 0.135. The van der Waals surface area contributed by atoms with Gasteiger partial charge in [-0.25, -0.2) is 0 Å². The second kappa shape index (κ2) is 6.33. The van der Waals surface area contributed by atoms with Crippen molar-refractivity contribution in [2.45, 2.75) is 30.7 Å². The molecular weight excluding hydrogens is 286 g/mol. The molecule has 1 aliphatic rings. The van der Waals surface area contributed by atoms with Gasteiger partial charge in [-0.2, -0.15) is 0 Å². The fourth-order valence-corrected chi connectivity index (χ4v) is 2.00. The van der Waals surface area contributed by atoms with E-state index in [9.17, 15) is 25.4 Å². The van der Waals surface area contributed by atoms with Crippen molar-refractivity contribution in [3.05, 3.63) is 34.4 Å². The standard InChI is InChI=1S/C12H15NO8/c14-5-8-9(15)10(16)11(12(17)21-8)20-7-3-1-6(2-4-7)13(18)19/h1-4,8-12,14-17H,5H2/t8-,9+,10+,11-,12?/m1/s1. The van der Waals surface area contributed by atoms with Crippen LogP contribution in [0.2, 0.25) is 0 Å². The first-order chi connectivity index (χ1) is 9.93. The molecule has 1 aliphatic heterocycles. The van der Waals surface area contributed by atoms with Crippen LogP contribution in [0.5, 0.6) is 5.75 Å². The fourth-order valence-electron chi connectivity index (χ4n) is 2.00. The minimum Gasteiger partial charge on any atom is -0.482 e. The molecule has 1 unspecified atom stereocenters. The monoisotopic (exact) mass is 301 g/mol. The predicted molar refractivity (Wildman–Crippen MR) is 67.5 cm³/mol. The third kappa shape index (κ3) is 3.28. The van der Waals surface area contributed by atoms with Crippen LogP contribution >= 0.6 is 0 Å². The molecule has 5 atom stereocenters. The molecule has 0 bridgehead atoms. The smallest absolute Gasteiger partial charge is 0.269 e. The minimum atomic E-state index is -1.56. The molecule has 0 amide bonds. The molecule has 4 N–H and O–H groups in total. The van der Waals surface area contributed by atoms with Crippen molar-refractivity contribution >= 4 is 5.69 Å². The second-order valence-electron chi connectivity index (χ2n) is 4.56. The van der Waals surface area contributed by atoms with Gasteiger partial charge in [0.1, 0.15) is 24.1 Å². The summed E-state index contributed by atoms with van der Waals surface area (Å²) >= 11 is 0. The molecule has 0 spiro atoms. The Hall–Kier alpha value is -1.78. The molecule has 1 aromatic rings. The predicted octanol–water partition coefficient (Wildman–Crippen LogP) is -1.23. The molecule has 1 aromatic carbocycles. The van der Waals surface area contributed by atoms with Gasteiger partial charge in [-0.05, 0) is 12.1 Å². The summed E-state index contributed by atoms with van der Waals surface area (Å²) in [6.07, 6.45) is -6.88. The molecule has 1 heterocycles. The number of aliphatic hydroxyl groups is 4. The average Bonchev–Trinajstić information content (AvgIpc) is 2.47. The van der Waals surface area contributed by atoms with Crippen molar-refractivity contribution in [1.29, 1.82) is 0 Å². The number of hydrogen-bond acceptors (Lipinski definition) is 8. The van der Waals surface area contributed by atoms with Gasteiger partial charge in [0.25, 0.3) is 5.69 Å². The maximum Gasteiger partial charge on any atom is 0.269 e. The normalized spacial score (nSPS) is 32.7. The number of ether oxygens (including phenoxy) is 2. The number of hydrogen-bond donors (Lipinski definition) is 4. The van der Waals surface area contributed by atoms with Crippen molar-refractivity contribution in [3.63, 3.8) is 0 Å². The molecule has 9 heteroatoms. The van der Waals surface area contributed by atoms with Gasteiger partial charge in [0.15, 0.2) is 12.4 Å². The maximum absolute atomic E-state index is 10.5. The molecule has 1 saturated heterocycles. The first-order valence-electron chi connectivity index (χ1n) is 6.15. The first kappa shape index (κ1) is 15.6. The van der Waals surface area contributed by atoms with Gasteiger partial charge in [0, 0.05) is 12.1 Å². The van der Waals surface area contributed by atoms with Crippen LogP contribution in [-0.2, 0) is 4.74 Å². The molecule has 0 radical (unpaired) electrons. The molecule has 116 valence electrons. The lowest BCUT2D eigenvalue weighted by molar-refractivity contribution is -0.384. The van der Waals surface area contributed by atoms with Crippen LogP contribution in [0.1, 0.15) is 0 Å². The zero-order valence-electron chi connectivity index (χ0n) is 10.8. The van der Waals surface area contributed by atoms with Crippen molar-refractivity contribution in [3.8, 4) is 5.75 Å². The van der Waals surface area contributed by atoms with Crippen molar-refractivity contribution in [2.75, 3.05) is 6.61 Å². The number of nitrogens with zero attached hydrogens (tertiary/aromatic N) is 1. The van der Waals surface area contributed by atoms with Gasteiger partial charge in [0.2, 0.25) is 0 Å². The molecule has 0 aliphatic carbocycles. The highest BCUT2D eigenvalue weighted by Gasteiger charge is 2.45. The van der Waals surface area contributed by atoms with Crippen LogP contribution in [-0.4, -0.2) is 62.7 Å². The topological polar surface area (TPSA) is 143 Å². The zero-order chi connectivity index (χ0) is 15.6. The second-order valence-corrected chi connectivity index (χ2v) is 4.56. The maximum atomic E-state index is 10.5. The number of aliphatic hydroxyl groups excluding tert-OH is 4. The average molecular weight is 301 g/mol. The summed E-state index contributed by atoms with van der Waals surface area (Å²) in [6.45, 7) is -0.570. The number of nitro benzene ring substituents is 1. The van der Waals surface area contributed by atoms with Crippen molar-refractivity contribution in [2.24, 2.45) is 0 Å². The first-order valence-corrected chi connectivity index (χ1v) is 6.15. The summed E-state index contributed by atoms with van der Waals surface area (Å²) in [6, 6.07) is 4.99. The Morgan fingerprint density at radius 2 is 1.81 bits per heavy atom. The van der Waals surface area contributed by atoms with E-state index in [2.05, 4.69) is 0 Å². The highest BCUT2D eigenvalue weighted by molar-refractivity contribution is 5.36. The van der Waals surface area contributed by atoms with Gasteiger partial charge in [-0.1, -0.05) is 0 Å². The van der Waals surface area contributed by atoms with Crippen LogP contribution < -0.4 is 4.74 Å². The van der Waals surface area contributed by atoms with Crippen LogP contribution in [0.15, 0.2) is 24.3 Å². The van der Waals surface area contributed by atoms with E-state index in [1.165, 1.54) is 24.3 Å². The number of benzene rings is 1. The van der Waals surface area contributed by atoms with Gasteiger partial charge in [-0.15, -0.1) is 0 Å². The number of non-ortho nitro benzene ring substituents is 1. The molecule has 9 nitrogen and oxygen atoms in total. The quantitative estimate of drug-likeness (QED) is 0.400. The van der Waals surface area contributed by atoms with E-state index in [4.69, 9.17) is 14.6 Å². The molecule has 0 saturated carbocycles. The van der Waals surface area contributed by atoms with Crippen molar-refractivity contribution < 1.29 is 34.8 Å². The molecule has 1 fully saturated rings. The summed E-state index contributed by atoms with van der Waals surface area (Å²) in [5, 5.41) is 48.8. The Bertz CT molecular complexity index is 493. The van der Waals surface area contributed by atoms with Gasteiger partial charge >= 0.3 is 0 Å². The van der Waals surface area contributed by atoms with E-state index in [1.807, 2.05) is 0 Å². The summed E-state index contributed by atoms with van der Waals surface area (Å²) < 4.78 is 10.2. The molecular formula is C12H15NO8. The third-order valence-electron chi connectivity index (χ3n) is 3.16. The summed E-state index contributed by atoms with van der Waals surface area (Å²) in [4.78, 5) is 9.95. The highest BCUT2D eigenvalue weighted by Crippen LogP contribution is 2.25. The molecule has 21 heavy (non-hydrogen) atoms. The highest BCUT2D eigenvalue weighted by atomic mass is 16.7. The number of nitro groups is 1. The fraction of sp³-hybridized carbons (Fsp3) is 0.500. The Balaban J connectivity index is 2.09. The van der Waals surface area contributed by atoms with Gasteiger partial charge < -0.3 is 29.9 Å². The van der Waals surface area contributed by atoms with Crippen LogP contribution in [0, 0.1) is 10.1 Å². The van der Waals surface area contributed by atoms with Gasteiger partial charge in [0.05, 0.1) is 11.5 Å². The molecule has 2 rings (SSSR count). The van der Waals surface area contributed by atoms with E-state index in [0.717, 1.165) is 0 Å². The van der Waals surface area contributed by atoms with Crippen LogP contribution in [0.3, 0.4) is 0 Å². The summed E-state index contributed by atoms with van der Waals surface area (Å²) in [5.74, 6) is 0.155. The Morgan fingerprint density at radius 1 is 1.19 bits per heavy atom. The van der Waals surface area contributed by atoms with E-state index in [-0.39, 0.29) is 11.4 Å². The lowest BCUT2D eigenvalue weighted by Gasteiger charge is -2.39. The van der Waals surface area contributed by atoms with Crippen LogP contribution in [0.4, 0.5) is 5.69 Å².